The number of aliphatic hydroxyl groups is 3. The van der Waals surface area contributed by atoms with E-state index in [1.807, 2.05) is 0 Å². The molecule has 250 valence electrons. The van der Waals surface area contributed by atoms with Gasteiger partial charge in [0.05, 0.1) is 25.9 Å². The molecule has 11 N–H and O–H groups in total. The normalized spacial score (nSPS) is 30.0. The SMILES string of the molecule is Nc1nc2c(ncn2[C@@H]2O[C@H](COP(=O)(O)O[C@H]3[C@@H](OP(=O)(O)O)[C@H](n4cnc5c(N)ncnc54)O[C@@H]3CO)[C@@H](O)[C@H]2O)c(=O)[nH]1. The summed E-state index contributed by atoms with van der Waals surface area (Å²) in [6.07, 6.45) is -9.69. The van der Waals surface area contributed by atoms with Crippen molar-refractivity contribution in [2.75, 3.05) is 24.7 Å². The van der Waals surface area contributed by atoms with Crippen molar-refractivity contribution in [3.8, 4) is 0 Å². The molecule has 26 heteroatoms. The van der Waals surface area contributed by atoms with Crippen LogP contribution in [0.4, 0.5) is 11.8 Å². The summed E-state index contributed by atoms with van der Waals surface area (Å²) in [5, 5.41) is 31.2. The standard InChI is InChI=1S/C20H26N10O14P2/c21-14-8-15(24-3-23-14)29(4-25-8)19-13(43-45(35,36)37)12(6(1-31)41-19)44-46(38,39)40-2-7-10(32)11(33)18(42-7)30-5-26-9-16(30)27-20(22)28-17(9)34/h3-7,10-13,18-19,31-33H,1-2H2,(H,38,39)(H2,21,23,24)(H2,35,36,37)(H3,22,27,28,34)/t6-,7-,10-,11-,12-,13-,18-,19-/m1/s1. The lowest BCUT2D eigenvalue weighted by Crippen LogP contribution is -2.37. The maximum Gasteiger partial charge on any atom is 0.472 e. The lowest BCUT2D eigenvalue weighted by atomic mass is 10.1. The van der Waals surface area contributed by atoms with Crippen LogP contribution in [0.25, 0.3) is 22.3 Å². The second-order valence-electron chi connectivity index (χ2n) is 10.0. The van der Waals surface area contributed by atoms with E-state index in [1.165, 1.54) is 0 Å². The van der Waals surface area contributed by atoms with E-state index in [2.05, 4.69) is 29.9 Å². The molecule has 4 aromatic heterocycles. The van der Waals surface area contributed by atoms with Crippen LogP contribution >= 0.6 is 15.6 Å². The smallest absolute Gasteiger partial charge is 0.394 e. The van der Waals surface area contributed by atoms with Crippen LogP contribution in [-0.2, 0) is 32.2 Å². The first-order valence-corrected chi connectivity index (χ1v) is 16.0. The van der Waals surface area contributed by atoms with Gasteiger partial charge >= 0.3 is 15.6 Å². The first-order chi connectivity index (χ1) is 21.7. The van der Waals surface area contributed by atoms with Crippen molar-refractivity contribution in [1.29, 1.82) is 0 Å². The zero-order valence-corrected chi connectivity index (χ0v) is 24.7. The molecule has 2 aliphatic heterocycles. The molecule has 2 aliphatic rings. The topological polar surface area (TPSA) is 361 Å². The molecule has 46 heavy (non-hydrogen) atoms. The van der Waals surface area contributed by atoms with Gasteiger partial charge in [-0.25, -0.2) is 29.1 Å². The zero-order chi connectivity index (χ0) is 33.1. The number of nitrogens with two attached hydrogens (primary N) is 2. The Hall–Kier alpha value is -3.48. The van der Waals surface area contributed by atoms with Gasteiger partial charge in [-0.2, -0.15) is 4.98 Å². The van der Waals surface area contributed by atoms with Gasteiger partial charge in [0.25, 0.3) is 5.56 Å². The molecule has 0 radical (unpaired) electrons. The van der Waals surface area contributed by atoms with Crippen LogP contribution in [-0.4, -0.2) is 119 Å². The van der Waals surface area contributed by atoms with E-state index in [4.69, 9.17) is 34.5 Å². The number of nitrogens with one attached hydrogen (secondary N) is 1. The molecule has 6 rings (SSSR count). The van der Waals surface area contributed by atoms with Gasteiger partial charge in [0.1, 0.15) is 48.5 Å². The first-order valence-electron chi connectivity index (χ1n) is 13.0. The van der Waals surface area contributed by atoms with Gasteiger partial charge in [-0.1, -0.05) is 0 Å². The number of hydrogen-bond acceptors (Lipinski definition) is 18. The second-order valence-corrected chi connectivity index (χ2v) is 12.6. The van der Waals surface area contributed by atoms with E-state index in [0.717, 1.165) is 28.1 Å². The highest BCUT2D eigenvalue weighted by atomic mass is 31.2. The predicted molar refractivity (Wildman–Crippen MR) is 147 cm³/mol. The maximum atomic E-state index is 13.1. The summed E-state index contributed by atoms with van der Waals surface area (Å²) >= 11 is 0. The number of fused-ring (bicyclic) bond motifs is 2. The number of hydrogen-bond donors (Lipinski definition) is 9. The van der Waals surface area contributed by atoms with Crippen LogP contribution in [0, 0.1) is 0 Å². The van der Waals surface area contributed by atoms with E-state index in [1.54, 1.807) is 0 Å². The molecule has 24 nitrogen and oxygen atoms in total. The predicted octanol–water partition coefficient (Wildman–Crippen LogP) is -3.39. The van der Waals surface area contributed by atoms with Crippen molar-refractivity contribution in [2.24, 2.45) is 0 Å². The van der Waals surface area contributed by atoms with Gasteiger partial charge in [0.15, 0.2) is 35.1 Å². The number of rotatable bonds is 10. The number of aromatic amines is 1. The second kappa shape index (κ2) is 12.0. The van der Waals surface area contributed by atoms with E-state index in [-0.39, 0.29) is 34.1 Å². The van der Waals surface area contributed by atoms with Gasteiger partial charge in [0.2, 0.25) is 5.95 Å². The zero-order valence-electron chi connectivity index (χ0n) is 22.9. The minimum absolute atomic E-state index is 0.0335. The van der Waals surface area contributed by atoms with Crippen molar-refractivity contribution >= 4 is 49.7 Å². The third-order valence-corrected chi connectivity index (χ3v) is 8.61. The van der Waals surface area contributed by atoms with Crippen LogP contribution in [0.5, 0.6) is 0 Å². The largest absolute Gasteiger partial charge is 0.472 e. The molecule has 0 spiro atoms. The molecule has 0 amide bonds. The molecule has 6 heterocycles. The molecule has 0 saturated carbocycles. The first kappa shape index (κ1) is 32.5. The molecule has 0 bridgehead atoms. The monoisotopic (exact) mass is 692 g/mol. The Morgan fingerprint density at radius 1 is 0.891 bits per heavy atom. The quantitative estimate of drug-likeness (QED) is 0.0731. The number of anilines is 2. The summed E-state index contributed by atoms with van der Waals surface area (Å²) in [5.74, 6) is -0.294. The number of phosphoric acid groups is 2. The fourth-order valence-corrected chi connectivity index (χ4v) is 6.61. The number of imidazole rings is 2. The summed E-state index contributed by atoms with van der Waals surface area (Å²) in [7, 11) is -10.6. The summed E-state index contributed by atoms with van der Waals surface area (Å²) < 4.78 is 53.6. The van der Waals surface area contributed by atoms with Crippen LogP contribution < -0.4 is 17.0 Å². The van der Waals surface area contributed by atoms with Gasteiger partial charge in [-0.05, 0) is 0 Å². The highest BCUT2D eigenvalue weighted by Gasteiger charge is 2.53. The number of aliphatic hydroxyl groups excluding tert-OH is 3. The Labute approximate surface area is 254 Å². The number of H-pyrrole nitrogens is 1. The molecular formula is C20H26N10O14P2. The van der Waals surface area contributed by atoms with Gasteiger partial charge in [0, 0.05) is 0 Å². The number of nitrogen functional groups attached to an aromatic ring is 2. The minimum Gasteiger partial charge on any atom is -0.394 e. The van der Waals surface area contributed by atoms with Crippen LogP contribution in [0.1, 0.15) is 12.5 Å². The molecule has 2 fully saturated rings. The summed E-state index contributed by atoms with van der Waals surface area (Å²) in [4.78, 5) is 63.9. The van der Waals surface area contributed by atoms with E-state index in [0.29, 0.717) is 0 Å². The highest BCUT2D eigenvalue weighted by Crippen LogP contribution is 2.52. The molecule has 0 aromatic carbocycles. The van der Waals surface area contributed by atoms with Crippen molar-refractivity contribution in [3.63, 3.8) is 0 Å². The Kier molecular flexibility index (Phi) is 8.43. The van der Waals surface area contributed by atoms with Crippen LogP contribution in [0.3, 0.4) is 0 Å². The number of phosphoric ester groups is 2. The summed E-state index contributed by atoms with van der Waals surface area (Å²) in [6.45, 7) is -1.76. The van der Waals surface area contributed by atoms with Gasteiger partial charge < -0.3 is 50.9 Å². The molecule has 1 unspecified atom stereocenters. The van der Waals surface area contributed by atoms with E-state index in [9.17, 15) is 43.9 Å². The summed E-state index contributed by atoms with van der Waals surface area (Å²) in [5.41, 5.74) is 10.6. The van der Waals surface area contributed by atoms with Gasteiger partial charge in [-0.15, -0.1) is 0 Å². The highest BCUT2D eigenvalue weighted by molar-refractivity contribution is 7.47. The van der Waals surface area contributed by atoms with E-state index < -0.39 is 83.5 Å². The van der Waals surface area contributed by atoms with Crippen molar-refractivity contribution < 1.29 is 62.2 Å². The summed E-state index contributed by atoms with van der Waals surface area (Å²) in [6, 6.07) is 0. The van der Waals surface area contributed by atoms with Crippen molar-refractivity contribution in [1.82, 2.24) is 39.0 Å². The van der Waals surface area contributed by atoms with Crippen LogP contribution in [0.15, 0.2) is 23.8 Å². The van der Waals surface area contributed by atoms with Crippen LogP contribution in [0.2, 0.25) is 0 Å². The lowest BCUT2D eigenvalue weighted by Gasteiger charge is -2.26. The lowest BCUT2D eigenvalue weighted by molar-refractivity contribution is -0.0585. The fourth-order valence-electron chi connectivity index (χ4n) is 5.11. The fraction of sp³-hybridized carbons (Fsp3) is 0.500. The maximum absolute atomic E-state index is 13.1. The molecular weight excluding hydrogens is 666 g/mol. The Balaban J connectivity index is 1.20. The van der Waals surface area contributed by atoms with Gasteiger partial charge in [-0.3, -0.25) is 32.5 Å². The van der Waals surface area contributed by atoms with E-state index >= 15 is 0 Å². The third kappa shape index (κ3) is 6.02. The minimum atomic E-state index is -5.33. The molecule has 9 atom stereocenters. The number of nitrogens with zero attached hydrogens (tertiary/aromatic N) is 7. The van der Waals surface area contributed by atoms with Crippen molar-refractivity contribution in [3.05, 3.63) is 29.3 Å². The Morgan fingerprint density at radius 2 is 1.57 bits per heavy atom. The van der Waals surface area contributed by atoms with Crippen molar-refractivity contribution in [2.45, 2.75) is 49.1 Å². The third-order valence-electron chi connectivity index (χ3n) is 7.10. The number of aromatic nitrogens is 8. The average Bonchev–Trinajstić information content (AvgIpc) is 3.73. The Morgan fingerprint density at radius 3 is 2.26 bits per heavy atom. The Bertz CT molecular complexity index is 1910. The molecule has 4 aromatic rings. The average molecular weight is 692 g/mol. The number of ether oxygens (including phenoxy) is 2. The molecule has 0 aliphatic carbocycles. The molecule has 2 saturated heterocycles.